The zero-order valence-corrected chi connectivity index (χ0v) is 12.2. The third-order valence-electron chi connectivity index (χ3n) is 3.61. The fourth-order valence-corrected chi connectivity index (χ4v) is 2.64. The van der Waals surface area contributed by atoms with Gasteiger partial charge in [-0.15, -0.1) is 0 Å². The Labute approximate surface area is 116 Å². The maximum absolute atomic E-state index is 3.50. The Morgan fingerprint density at radius 2 is 1.32 bits per heavy atom. The van der Waals surface area contributed by atoms with E-state index >= 15 is 0 Å². The van der Waals surface area contributed by atoms with Gasteiger partial charge in [-0.3, -0.25) is 0 Å². The third kappa shape index (κ3) is 3.17. The molecule has 0 unspecified atom stereocenters. The van der Waals surface area contributed by atoms with Crippen LogP contribution in [0.15, 0.2) is 42.5 Å². The first kappa shape index (κ1) is 13.7. The average Bonchev–Trinajstić information content (AvgIpc) is 2.47. The van der Waals surface area contributed by atoms with Gasteiger partial charge in [-0.25, -0.2) is 0 Å². The molecule has 0 saturated heterocycles. The molecule has 100 valence electrons. The molecule has 2 aromatic rings. The van der Waals surface area contributed by atoms with E-state index in [2.05, 4.69) is 62.5 Å². The molecule has 0 heterocycles. The molecule has 19 heavy (non-hydrogen) atoms. The largest absolute Gasteiger partial charge is 0.356 e. The molecule has 0 spiro atoms. The van der Waals surface area contributed by atoms with Gasteiger partial charge < -0.3 is 5.32 Å². The van der Waals surface area contributed by atoms with E-state index in [9.17, 15) is 0 Å². The molecule has 0 amide bonds. The van der Waals surface area contributed by atoms with Crippen molar-refractivity contribution < 1.29 is 0 Å². The smallest absolute Gasteiger partial charge is 0.0389 e. The Hall–Kier alpha value is -1.76. The molecular formula is C18H23N. The first-order valence-electron chi connectivity index (χ1n) is 7.25. The lowest BCUT2D eigenvalue weighted by molar-refractivity contribution is 0.982. The van der Waals surface area contributed by atoms with Gasteiger partial charge in [-0.1, -0.05) is 39.0 Å². The Bertz CT molecular complexity index is 504. The van der Waals surface area contributed by atoms with Gasteiger partial charge in [0.1, 0.15) is 0 Å². The van der Waals surface area contributed by atoms with Crippen LogP contribution in [0.2, 0.25) is 0 Å². The molecule has 1 heteroatoms. The van der Waals surface area contributed by atoms with Crippen LogP contribution in [-0.4, -0.2) is 0 Å². The lowest BCUT2D eigenvalue weighted by Crippen LogP contribution is -2.00. The summed E-state index contributed by atoms with van der Waals surface area (Å²) in [6.07, 6.45) is 3.32. The second-order valence-electron chi connectivity index (χ2n) is 4.82. The first-order valence-corrected chi connectivity index (χ1v) is 7.25. The quantitative estimate of drug-likeness (QED) is 0.780. The van der Waals surface area contributed by atoms with Crippen LogP contribution in [-0.2, 0) is 19.3 Å². The van der Waals surface area contributed by atoms with E-state index < -0.39 is 0 Å². The summed E-state index contributed by atoms with van der Waals surface area (Å²) in [5.41, 5.74) is 6.83. The molecular weight excluding hydrogens is 230 g/mol. The average molecular weight is 253 g/mol. The number of hydrogen-bond donors (Lipinski definition) is 1. The molecule has 0 saturated carbocycles. The van der Waals surface area contributed by atoms with Crippen molar-refractivity contribution in [1.29, 1.82) is 0 Å². The maximum atomic E-state index is 3.50. The molecule has 2 rings (SSSR count). The van der Waals surface area contributed by atoms with Gasteiger partial charge in [-0.2, -0.15) is 0 Å². The highest BCUT2D eigenvalue weighted by atomic mass is 14.9. The highest BCUT2D eigenvalue weighted by Crippen LogP contribution is 2.25. The van der Waals surface area contributed by atoms with Gasteiger partial charge in [0.2, 0.25) is 0 Å². The lowest BCUT2D eigenvalue weighted by atomic mass is 9.94. The van der Waals surface area contributed by atoms with Crippen LogP contribution in [0.4, 0.5) is 11.4 Å². The molecule has 0 bridgehead atoms. The first-order chi connectivity index (χ1) is 9.28. The summed E-state index contributed by atoms with van der Waals surface area (Å²) in [6.45, 7) is 6.72. The molecule has 0 atom stereocenters. The Kier molecular flexibility index (Phi) is 4.62. The molecule has 0 aromatic heterocycles. The third-order valence-corrected chi connectivity index (χ3v) is 3.61. The number of anilines is 2. The summed E-state index contributed by atoms with van der Waals surface area (Å²) in [7, 11) is 0. The molecule has 0 aliphatic heterocycles. The van der Waals surface area contributed by atoms with Gasteiger partial charge in [0.05, 0.1) is 0 Å². The van der Waals surface area contributed by atoms with Crippen molar-refractivity contribution in [2.75, 3.05) is 5.32 Å². The molecule has 0 fully saturated rings. The summed E-state index contributed by atoms with van der Waals surface area (Å²) in [4.78, 5) is 0. The van der Waals surface area contributed by atoms with Crippen molar-refractivity contribution in [2.45, 2.75) is 40.0 Å². The van der Waals surface area contributed by atoms with Crippen molar-refractivity contribution in [1.82, 2.24) is 0 Å². The van der Waals surface area contributed by atoms with Gasteiger partial charge in [0.25, 0.3) is 0 Å². The topological polar surface area (TPSA) is 12.0 Å². The minimum atomic E-state index is 1.10. The van der Waals surface area contributed by atoms with E-state index in [1.807, 2.05) is 6.07 Å². The summed E-state index contributed by atoms with van der Waals surface area (Å²) in [5, 5.41) is 3.50. The van der Waals surface area contributed by atoms with Gasteiger partial charge in [0.15, 0.2) is 0 Å². The summed E-state index contributed by atoms with van der Waals surface area (Å²) < 4.78 is 0. The number of hydrogen-bond acceptors (Lipinski definition) is 1. The van der Waals surface area contributed by atoms with Crippen molar-refractivity contribution in [3.63, 3.8) is 0 Å². The second kappa shape index (κ2) is 6.42. The zero-order valence-electron chi connectivity index (χ0n) is 12.2. The monoisotopic (exact) mass is 253 g/mol. The van der Waals surface area contributed by atoms with Gasteiger partial charge in [0, 0.05) is 11.4 Å². The number of para-hydroxylation sites is 1. The number of nitrogens with one attached hydrogen (secondary N) is 1. The fraction of sp³-hybridized carbons (Fsp3) is 0.333. The normalized spacial score (nSPS) is 10.5. The van der Waals surface area contributed by atoms with Crippen LogP contribution in [0, 0.1) is 0 Å². The number of aryl methyl sites for hydroxylation is 2. The Morgan fingerprint density at radius 3 is 1.79 bits per heavy atom. The number of benzene rings is 2. The second-order valence-corrected chi connectivity index (χ2v) is 4.82. The summed E-state index contributed by atoms with van der Waals surface area (Å²) in [5.74, 6) is 0. The predicted molar refractivity (Wildman–Crippen MR) is 84.3 cm³/mol. The fourth-order valence-electron chi connectivity index (χ4n) is 2.64. The van der Waals surface area contributed by atoms with Crippen LogP contribution in [0.5, 0.6) is 0 Å². The van der Waals surface area contributed by atoms with Gasteiger partial charge in [-0.05, 0) is 60.2 Å². The number of rotatable bonds is 5. The standard InChI is InChI=1S/C18H23N/c1-4-14-12-17(13-15(5-2)18(14)6-3)19-16-10-8-7-9-11-16/h7-13,19H,4-6H2,1-3H3. The van der Waals surface area contributed by atoms with Crippen molar-refractivity contribution in [3.05, 3.63) is 59.2 Å². The van der Waals surface area contributed by atoms with E-state index in [0.29, 0.717) is 0 Å². The molecule has 0 radical (unpaired) electrons. The van der Waals surface area contributed by atoms with Crippen LogP contribution < -0.4 is 5.32 Å². The van der Waals surface area contributed by atoms with Crippen LogP contribution in [0.1, 0.15) is 37.5 Å². The SMILES string of the molecule is CCc1cc(Nc2ccccc2)cc(CC)c1CC. The van der Waals surface area contributed by atoms with Crippen LogP contribution in [0.3, 0.4) is 0 Å². The minimum Gasteiger partial charge on any atom is -0.356 e. The van der Waals surface area contributed by atoms with Gasteiger partial charge >= 0.3 is 0 Å². The molecule has 0 aliphatic rings. The van der Waals surface area contributed by atoms with E-state index in [0.717, 1.165) is 24.9 Å². The maximum Gasteiger partial charge on any atom is 0.0389 e. The Balaban J connectivity index is 2.36. The summed E-state index contributed by atoms with van der Waals surface area (Å²) in [6, 6.07) is 15.0. The highest BCUT2D eigenvalue weighted by molar-refractivity contribution is 5.62. The van der Waals surface area contributed by atoms with Crippen molar-refractivity contribution in [3.8, 4) is 0 Å². The van der Waals surface area contributed by atoms with E-state index in [4.69, 9.17) is 0 Å². The molecule has 1 nitrogen and oxygen atoms in total. The van der Waals surface area contributed by atoms with E-state index in [-0.39, 0.29) is 0 Å². The highest BCUT2D eigenvalue weighted by Gasteiger charge is 2.07. The van der Waals surface area contributed by atoms with E-state index in [1.165, 1.54) is 22.4 Å². The molecule has 0 aliphatic carbocycles. The van der Waals surface area contributed by atoms with Crippen molar-refractivity contribution >= 4 is 11.4 Å². The lowest BCUT2D eigenvalue weighted by Gasteiger charge is -2.15. The summed E-state index contributed by atoms with van der Waals surface area (Å²) >= 11 is 0. The van der Waals surface area contributed by atoms with Crippen LogP contribution in [0.25, 0.3) is 0 Å². The molecule has 2 aromatic carbocycles. The van der Waals surface area contributed by atoms with Crippen molar-refractivity contribution in [2.24, 2.45) is 0 Å². The van der Waals surface area contributed by atoms with E-state index in [1.54, 1.807) is 0 Å². The predicted octanol–water partition coefficient (Wildman–Crippen LogP) is 5.12. The minimum absolute atomic E-state index is 1.10. The molecule has 1 N–H and O–H groups in total. The van der Waals surface area contributed by atoms with Crippen LogP contribution >= 0.6 is 0 Å². The Morgan fingerprint density at radius 1 is 0.737 bits per heavy atom. The zero-order chi connectivity index (χ0) is 13.7.